The summed E-state index contributed by atoms with van der Waals surface area (Å²) in [5.74, 6) is -0.820. The van der Waals surface area contributed by atoms with E-state index in [-0.39, 0.29) is 6.04 Å². The Morgan fingerprint density at radius 3 is 2.42 bits per heavy atom. The number of rotatable bonds is 5. The maximum Gasteiger partial charge on any atom is 0.295 e. The number of amides is 1. The Labute approximate surface area is 152 Å². The van der Waals surface area contributed by atoms with Gasteiger partial charge in [-0.15, -0.1) is 0 Å². The lowest BCUT2D eigenvalue weighted by atomic mass is 10.0. The van der Waals surface area contributed by atoms with E-state index in [1.807, 2.05) is 62.4 Å². The fourth-order valence-corrected chi connectivity index (χ4v) is 3.45. The molecular weight excluding hydrogens is 324 g/mol. The third kappa shape index (κ3) is 3.03. The molecule has 4 nitrogen and oxygen atoms in total. The second-order valence-electron chi connectivity index (χ2n) is 7.15. The summed E-state index contributed by atoms with van der Waals surface area (Å²) < 4.78 is 0. The Hall–Kier alpha value is -2.88. The first kappa shape index (κ1) is 16.6. The molecule has 0 unspecified atom stereocenters. The molecule has 3 aromatic rings. The minimum absolute atomic E-state index is 0.179. The normalized spacial score (nSPS) is 13.8. The molecule has 1 saturated carbocycles. The molecule has 0 aliphatic heterocycles. The second kappa shape index (κ2) is 6.45. The zero-order valence-electron chi connectivity index (χ0n) is 15.1. The van der Waals surface area contributed by atoms with Gasteiger partial charge in [-0.25, -0.2) is 0 Å². The third-order valence-electron chi connectivity index (χ3n) is 5.04. The highest BCUT2D eigenvalue weighted by molar-refractivity contribution is 6.45. The number of aromatic amines is 1. The second-order valence-corrected chi connectivity index (χ2v) is 7.15. The average Bonchev–Trinajstić information content (AvgIpc) is 3.42. The molecule has 1 N–H and O–H groups in total. The van der Waals surface area contributed by atoms with Gasteiger partial charge >= 0.3 is 0 Å². The Kier molecular flexibility index (Phi) is 4.11. The van der Waals surface area contributed by atoms with Crippen LogP contribution in [0.25, 0.3) is 10.9 Å². The van der Waals surface area contributed by atoms with Crippen LogP contribution in [0, 0.1) is 13.8 Å². The molecule has 2 aromatic carbocycles. The maximum absolute atomic E-state index is 13.1. The first-order valence-corrected chi connectivity index (χ1v) is 9.03. The van der Waals surface area contributed by atoms with Crippen molar-refractivity contribution in [3.63, 3.8) is 0 Å². The van der Waals surface area contributed by atoms with E-state index in [1.165, 1.54) is 5.56 Å². The number of aromatic nitrogens is 1. The van der Waals surface area contributed by atoms with Crippen LogP contribution in [-0.4, -0.2) is 27.6 Å². The highest BCUT2D eigenvalue weighted by Crippen LogP contribution is 2.30. The van der Waals surface area contributed by atoms with E-state index >= 15 is 0 Å². The zero-order chi connectivity index (χ0) is 18.3. The van der Waals surface area contributed by atoms with E-state index in [9.17, 15) is 9.59 Å². The van der Waals surface area contributed by atoms with E-state index in [0.29, 0.717) is 12.1 Å². The SMILES string of the molecule is Cc1ccc(CN(C(=O)C(=O)c2c(C)[nH]c3ccccc23)C2CC2)cc1. The maximum atomic E-state index is 13.1. The number of para-hydroxylation sites is 1. The summed E-state index contributed by atoms with van der Waals surface area (Å²) in [4.78, 5) is 31.1. The first-order valence-electron chi connectivity index (χ1n) is 9.03. The summed E-state index contributed by atoms with van der Waals surface area (Å²) in [5.41, 5.74) is 4.37. The van der Waals surface area contributed by atoms with Gasteiger partial charge in [-0.1, -0.05) is 48.0 Å². The van der Waals surface area contributed by atoms with Crippen LogP contribution in [0.15, 0.2) is 48.5 Å². The average molecular weight is 346 g/mol. The van der Waals surface area contributed by atoms with Crippen molar-refractivity contribution in [2.75, 3.05) is 0 Å². The number of carbonyl (C=O) groups excluding carboxylic acids is 2. The fourth-order valence-electron chi connectivity index (χ4n) is 3.45. The number of nitrogens with one attached hydrogen (secondary N) is 1. The molecule has 0 atom stereocenters. The molecule has 1 aromatic heterocycles. The molecule has 0 saturated heterocycles. The van der Waals surface area contributed by atoms with Crippen molar-refractivity contribution >= 4 is 22.6 Å². The van der Waals surface area contributed by atoms with Gasteiger partial charge in [-0.05, 0) is 38.3 Å². The predicted molar refractivity (Wildman–Crippen MR) is 102 cm³/mol. The van der Waals surface area contributed by atoms with Crippen LogP contribution in [0.5, 0.6) is 0 Å². The molecule has 1 aliphatic carbocycles. The Morgan fingerprint density at radius 2 is 1.73 bits per heavy atom. The molecule has 4 heteroatoms. The largest absolute Gasteiger partial charge is 0.358 e. The van der Waals surface area contributed by atoms with Crippen LogP contribution in [-0.2, 0) is 11.3 Å². The van der Waals surface area contributed by atoms with Gasteiger partial charge in [0.1, 0.15) is 0 Å². The first-order chi connectivity index (χ1) is 12.5. The summed E-state index contributed by atoms with van der Waals surface area (Å²) in [7, 11) is 0. The summed E-state index contributed by atoms with van der Waals surface area (Å²) in [6.07, 6.45) is 1.94. The molecule has 1 heterocycles. The number of H-pyrrole nitrogens is 1. The van der Waals surface area contributed by atoms with Crippen LogP contribution in [0.2, 0.25) is 0 Å². The predicted octanol–water partition coefficient (Wildman–Crippen LogP) is 4.16. The third-order valence-corrected chi connectivity index (χ3v) is 5.04. The van der Waals surface area contributed by atoms with Crippen LogP contribution >= 0.6 is 0 Å². The summed E-state index contributed by atoms with van der Waals surface area (Å²) in [5, 5.41) is 0.814. The number of carbonyl (C=O) groups is 2. The highest BCUT2D eigenvalue weighted by Gasteiger charge is 2.36. The number of fused-ring (bicyclic) bond motifs is 1. The lowest BCUT2D eigenvalue weighted by Gasteiger charge is -2.22. The van der Waals surface area contributed by atoms with Gasteiger partial charge in [0.25, 0.3) is 11.7 Å². The number of hydrogen-bond donors (Lipinski definition) is 1. The number of Topliss-reactive ketones (excluding diaryl/α,β-unsaturated/α-hetero) is 1. The van der Waals surface area contributed by atoms with Crippen molar-refractivity contribution in [3.05, 3.63) is 70.9 Å². The smallest absolute Gasteiger partial charge is 0.295 e. The highest BCUT2D eigenvalue weighted by atomic mass is 16.2. The van der Waals surface area contributed by atoms with Crippen molar-refractivity contribution in [2.45, 2.75) is 39.3 Å². The number of benzene rings is 2. The van der Waals surface area contributed by atoms with Crippen LogP contribution in [0.4, 0.5) is 0 Å². The van der Waals surface area contributed by atoms with E-state index in [4.69, 9.17) is 0 Å². The van der Waals surface area contributed by atoms with Gasteiger partial charge in [0.15, 0.2) is 0 Å². The number of aryl methyl sites for hydroxylation is 2. The standard InChI is InChI=1S/C22H22N2O2/c1-14-7-9-16(10-8-14)13-24(17-11-12-17)22(26)21(25)20-15(2)23-19-6-4-3-5-18(19)20/h3-10,17,23H,11-13H2,1-2H3. The van der Waals surface area contributed by atoms with Gasteiger partial charge in [0, 0.05) is 29.2 Å². The van der Waals surface area contributed by atoms with Crippen molar-refractivity contribution in [1.82, 2.24) is 9.88 Å². The van der Waals surface area contributed by atoms with Crippen molar-refractivity contribution in [1.29, 1.82) is 0 Å². The van der Waals surface area contributed by atoms with Crippen LogP contribution in [0.3, 0.4) is 0 Å². The Balaban J connectivity index is 1.64. The molecule has 1 aliphatic rings. The van der Waals surface area contributed by atoms with Crippen LogP contribution in [0.1, 0.15) is 40.0 Å². The molecule has 1 fully saturated rings. The zero-order valence-corrected chi connectivity index (χ0v) is 15.1. The molecule has 26 heavy (non-hydrogen) atoms. The lowest BCUT2D eigenvalue weighted by Crippen LogP contribution is -2.38. The molecule has 0 radical (unpaired) electrons. The Bertz CT molecular complexity index is 981. The summed E-state index contributed by atoms with van der Waals surface area (Å²) >= 11 is 0. The number of ketones is 1. The van der Waals surface area contributed by atoms with Gasteiger partial charge in [-0.3, -0.25) is 9.59 Å². The number of nitrogens with zero attached hydrogens (tertiary/aromatic N) is 1. The summed E-state index contributed by atoms with van der Waals surface area (Å²) in [6, 6.07) is 15.9. The minimum atomic E-state index is -0.418. The molecule has 4 rings (SSSR count). The Morgan fingerprint density at radius 1 is 1.04 bits per heavy atom. The summed E-state index contributed by atoms with van der Waals surface area (Å²) in [6.45, 7) is 4.37. The minimum Gasteiger partial charge on any atom is -0.358 e. The van der Waals surface area contributed by atoms with E-state index < -0.39 is 11.7 Å². The molecule has 0 bridgehead atoms. The van der Waals surface area contributed by atoms with E-state index in [2.05, 4.69) is 4.98 Å². The number of hydrogen-bond acceptors (Lipinski definition) is 2. The van der Waals surface area contributed by atoms with Crippen molar-refractivity contribution in [3.8, 4) is 0 Å². The van der Waals surface area contributed by atoms with E-state index in [1.54, 1.807) is 4.90 Å². The van der Waals surface area contributed by atoms with Crippen molar-refractivity contribution in [2.24, 2.45) is 0 Å². The lowest BCUT2D eigenvalue weighted by molar-refractivity contribution is -0.127. The van der Waals surface area contributed by atoms with Crippen molar-refractivity contribution < 1.29 is 9.59 Å². The van der Waals surface area contributed by atoms with Gasteiger partial charge in [0.05, 0.1) is 5.56 Å². The van der Waals surface area contributed by atoms with Gasteiger partial charge < -0.3 is 9.88 Å². The van der Waals surface area contributed by atoms with Gasteiger partial charge in [0.2, 0.25) is 0 Å². The quantitative estimate of drug-likeness (QED) is 0.557. The molecule has 1 amide bonds. The fraction of sp³-hybridized carbons (Fsp3) is 0.273. The van der Waals surface area contributed by atoms with Crippen LogP contribution < -0.4 is 0 Å². The molecule has 132 valence electrons. The molecular formula is C22H22N2O2. The monoisotopic (exact) mass is 346 g/mol. The van der Waals surface area contributed by atoms with Gasteiger partial charge in [-0.2, -0.15) is 0 Å². The molecule has 0 spiro atoms. The van der Waals surface area contributed by atoms with E-state index in [0.717, 1.165) is 35.0 Å². The topological polar surface area (TPSA) is 53.2 Å².